The van der Waals surface area contributed by atoms with Gasteiger partial charge < -0.3 is 14.5 Å². The summed E-state index contributed by atoms with van der Waals surface area (Å²) in [5.41, 5.74) is 0.436. The molecule has 4 rings (SSSR count). The summed E-state index contributed by atoms with van der Waals surface area (Å²) in [6.45, 7) is 7.24. The van der Waals surface area contributed by atoms with E-state index in [1.54, 1.807) is 18.3 Å². The SMILES string of the molecule is CC1CCN(CC2CCCN(C(=O)c3cccnc3Oc3ccc(F)cc3Br)C2)CC1. The summed E-state index contributed by atoms with van der Waals surface area (Å²) in [5, 5.41) is 0. The van der Waals surface area contributed by atoms with Gasteiger partial charge in [0, 0.05) is 25.8 Å². The number of nitrogens with zero attached hydrogens (tertiary/aromatic N) is 3. The summed E-state index contributed by atoms with van der Waals surface area (Å²) >= 11 is 3.31. The van der Waals surface area contributed by atoms with Crippen molar-refractivity contribution in [3.63, 3.8) is 0 Å². The van der Waals surface area contributed by atoms with Crippen molar-refractivity contribution in [2.45, 2.75) is 32.6 Å². The van der Waals surface area contributed by atoms with Gasteiger partial charge in [-0.15, -0.1) is 0 Å². The van der Waals surface area contributed by atoms with Crippen LogP contribution in [-0.4, -0.2) is 53.4 Å². The number of pyridine rings is 1. The van der Waals surface area contributed by atoms with Crippen LogP contribution in [0.3, 0.4) is 0 Å². The van der Waals surface area contributed by atoms with Crippen molar-refractivity contribution in [1.29, 1.82) is 0 Å². The lowest BCUT2D eigenvalue weighted by molar-refractivity contribution is 0.0619. The highest BCUT2D eigenvalue weighted by Gasteiger charge is 2.29. The first-order valence-corrected chi connectivity index (χ1v) is 11.9. The van der Waals surface area contributed by atoms with Crippen LogP contribution in [0.5, 0.6) is 11.6 Å². The molecule has 2 aliphatic heterocycles. The Kier molecular flexibility index (Phi) is 7.23. The number of ether oxygens (including phenoxy) is 1. The monoisotopic (exact) mass is 489 g/mol. The average Bonchev–Trinajstić information content (AvgIpc) is 2.77. The van der Waals surface area contributed by atoms with Gasteiger partial charge in [0.25, 0.3) is 5.91 Å². The van der Waals surface area contributed by atoms with Crippen molar-refractivity contribution in [1.82, 2.24) is 14.8 Å². The molecule has 1 aromatic carbocycles. The fraction of sp³-hybridized carbons (Fsp3) is 0.500. The van der Waals surface area contributed by atoms with E-state index in [9.17, 15) is 9.18 Å². The van der Waals surface area contributed by atoms with E-state index in [0.717, 1.165) is 38.4 Å². The zero-order chi connectivity index (χ0) is 21.8. The third-order valence-corrected chi connectivity index (χ3v) is 6.92. The standard InChI is InChI=1S/C24H29BrFN3O2/c1-17-8-12-28(13-9-17)15-18-4-3-11-29(16-18)24(30)20-5-2-10-27-23(20)31-22-7-6-19(26)14-21(22)25/h2,5-7,10,14,17-18H,3-4,8-9,11-13,15-16H2,1H3. The Bertz CT molecular complexity index is 917. The van der Waals surface area contributed by atoms with Crippen LogP contribution in [0, 0.1) is 17.7 Å². The zero-order valence-electron chi connectivity index (χ0n) is 17.9. The van der Waals surface area contributed by atoms with E-state index >= 15 is 0 Å². The van der Waals surface area contributed by atoms with Crippen LogP contribution in [0.1, 0.15) is 43.0 Å². The summed E-state index contributed by atoms with van der Waals surface area (Å²) in [6, 6.07) is 7.67. The number of piperidine rings is 2. The quantitative estimate of drug-likeness (QED) is 0.566. The van der Waals surface area contributed by atoms with Crippen LogP contribution in [-0.2, 0) is 0 Å². The summed E-state index contributed by atoms with van der Waals surface area (Å²) in [6.07, 6.45) is 6.31. The first-order chi connectivity index (χ1) is 15.0. The normalized spacial score (nSPS) is 20.6. The van der Waals surface area contributed by atoms with Crippen molar-refractivity contribution in [3.05, 3.63) is 52.4 Å². The van der Waals surface area contributed by atoms with E-state index in [0.29, 0.717) is 21.7 Å². The minimum atomic E-state index is -0.362. The molecule has 0 N–H and O–H groups in total. The molecule has 31 heavy (non-hydrogen) atoms. The van der Waals surface area contributed by atoms with Gasteiger partial charge in [0.15, 0.2) is 0 Å². The van der Waals surface area contributed by atoms with Crippen LogP contribution in [0.25, 0.3) is 0 Å². The van der Waals surface area contributed by atoms with Crippen LogP contribution in [0.15, 0.2) is 41.0 Å². The molecule has 0 aliphatic carbocycles. The Labute approximate surface area is 191 Å². The van der Waals surface area contributed by atoms with Crippen molar-refractivity contribution < 1.29 is 13.9 Å². The van der Waals surface area contributed by atoms with Gasteiger partial charge in [0.05, 0.1) is 4.47 Å². The Balaban J connectivity index is 1.44. The summed E-state index contributed by atoms with van der Waals surface area (Å²) in [5.74, 6) is 1.57. The van der Waals surface area contributed by atoms with Gasteiger partial charge in [-0.25, -0.2) is 9.37 Å². The largest absolute Gasteiger partial charge is 0.437 e. The predicted molar refractivity (Wildman–Crippen MR) is 122 cm³/mol. The van der Waals surface area contributed by atoms with Crippen molar-refractivity contribution in [3.8, 4) is 11.6 Å². The van der Waals surface area contributed by atoms with Crippen molar-refractivity contribution in [2.75, 3.05) is 32.7 Å². The van der Waals surface area contributed by atoms with Crippen LogP contribution in [0.4, 0.5) is 4.39 Å². The van der Waals surface area contributed by atoms with E-state index in [2.05, 4.69) is 32.7 Å². The van der Waals surface area contributed by atoms with E-state index in [1.165, 1.54) is 44.1 Å². The van der Waals surface area contributed by atoms with E-state index in [-0.39, 0.29) is 17.6 Å². The topological polar surface area (TPSA) is 45.7 Å². The van der Waals surface area contributed by atoms with Gasteiger partial charge in [0.1, 0.15) is 17.1 Å². The molecule has 166 valence electrons. The number of amides is 1. The maximum atomic E-state index is 13.4. The lowest BCUT2D eigenvalue weighted by Crippen LogP contribution is -2.45. The number of carbonyl (C=O) groups is 1. The highest BCUT2D eigenvalue weighted by molar-refractivity contribution is 9.10. The van der Waals surface area contributed by atoms with Crippen LogP contribution >= 0.6 is 15.9 Å². The molecule has 0 bridgehead atoms. The van der Waals surface area contributed by atoms with Gasteiger partial charge in [-0.2, -0.15) is 0 Å². The Morgan fingerprint density at radius 3 is 2.81 bits per heavy atom. The molecule has 2 fully saturated rings. The van der Waals surface area contributed by atoms with Gasteiger partial charge in [-0.05, 0) is 96.9 Å². The molecular formula is C24H29BrFN3O2. The van der Waals surface area contributed by atoms with Crippen LogP contribution in [0.2, 0.25) is 0 Å². The van der Waals surface area contributed by atoms with Gasteiger partial charge in [-0.1, -0.05) is 6.92 Å². The molecule has 1 aromatic heterocycles. The Morgan fingerprint density at radius 2 is 2.03 bits per heavy atom. The maximum absolute atomic E-state index is 13.4. The lowest BCUT2D eigenvalue weighted by Gasteiger charge is -2.38. The number of hydrogen-bond donors (Lipinski definition) is 0. The molecule has 0 saturated carbocycles. The van der Waals surface area contributed by atoms with Gasteiger partial charge >= 0.3 is 0 Å². The first-order valence-electron chi connectivity index (χ1n) is 11.1. The fourth-order valence-electron chi connectivity index (χ4n) is 4.48. The number of benzene rings is 1. The molecule has 1 atom stereocenters. The lowest BCUT2D eigenvalue weighted by atomic mass is 9.94. The molecular weight excluding hydrogens is 461 g/mol. The first kappa shape index (κ1) is 22.2. The molecule has 2 aromatic rings. The van der Waals surface area contributed by atoms with E-state index in [4.69, 9.17) is 4.74 Å². The number of aromatic nitrogens is 1. The second-order valence-corrected chi connectivity index (χ2v) is 9.63. The molecule has 3 heterocycles. The third kappa shape index (κ3) is 5.63. The molecule has 2 aliphatic rings. The predicted octanol–water partition coefficient (Wildman–Crippen LogP) is 5.36. The Hall–Kier alpha value is -1.99. The molecule has 5 nitrogen and oxygen atoms in total. The third-order valence-electron chi connectivity index (χ3n) is 6.30. The second kappa shape index (κ2) is 10.1. The van der Waals surface area contributed by atoms with Crippen LogP contribution < -0.4 is 4.74 Å². The highest BCUT2D eigenvalue weighted by atomic mass is 79.9. The van der Waals surface area contributed by atoms with Gasteiger partial charge in [-0.3, -0.25) is 4.79 Å². The number of likely N-dealkylation sites (tertiary alicyclic amines) is 2. The summed E-state index contributed by atoms with van der Waals surface area (Å²) < 4.78 is 19.8. The number of rotatable bonds is 5. The number of halogens is 2. The summed E-state index contributed by atoms with van der Waals surface area (Å²) in [4.78, 5) is 22.1. The molecule has 0 spiro atoms. The fourth-order valence-corrected chi connectivity index (χ4v) is 4.91. The molecule has 2 saturated heterocycles. The van der Waals surface area contributed by atoms with E-state index < -0.39 is 0 Å². The number of carbonyl (C=O) groups excluding carboxylic acids is 1. The Morgan fingerprint density at radius 1 is 1.23 bits per heavy atom. The van der Waals surface area contributed by atoms with Gasteiger partial charge in [0.2, 0.25) is 5.88 Å². The van der Waals surface area contributed by atoms with Crippen molar-refractivity contribution >= 4 is 21.8 Å². The molecule has 1 unspecified atom stereocenters. The molecule has 0 radical (unpaired) electrons. The molecule has 1 amide bonds. The van der Waals surface area contributed by atoms with Crippen molar-refractivity contribution in [2.24, 2.45) is 11.8 Å². The minimum Gasteiger partial charge on any atom is -0.437 e. The average molecular weight is 490 g/mol. The highest BCUT2D eigenvalue weighted by Crippen LogP contribution is 2.32. The smallest absolute Gasteiger partial charge is 0.259 e. The number of hydrogen-bond acceptors (Lipinski definition) is 4. The summed E-state index contributed by atoms with van der Waals surface area (Å²) in [7, 11) is 0. The zero-order valence-corrected chi connectivity index (χ0v) is 19.5. The maximum Gasteiger partial charge on any atom is 0.259 e. The second-order valence-electron chi connectivity index (χ2n) is 8.78. The molecule has 7 heteroatoms. The van der Waals surface area contributed by atoms with E-state index in [1.807, 2.05) is 4.90 Å². The minimum absolute atomic E-state index is 0.0571.